The lowest BCUT2D eigenvalue weighted by Crippen LogP contribution is -2.35. The van der Waals surface area contributed by atoms with Gasteiger partial charge in [0.2, 0.25) is 0 Å². The number of rotatable bonds is 7. The van der Waals surface area contributed by atoms with E-state index in [0.29, 0.717) is 24.4 Å². The van der Waals surface area contributed by atoms with Crippen molar-refractivity contribution in [3.8, 4) is 5.75 Å². The van der Waals surface area contributed by atoms with Gasteiger partial charge in [0.1, 0.15) is 11.5 Å². The first kappa shape index (κ1) is 26.5. The lowest BCUT2D eigenvalue weighted by atomic mass is 9.84. The quantitative estimate of drug-likeness (QED) is 0.342. The summed E-state index contributed by atoms with van der Waals surface area (Å²) in [6.45, 7) is 13.0. The SMILES string of the molecule is Cc1ccc(C(C)(C)C)cc1/C(O)=C1\C(=O)C(=O)N(CCN(C)C)C1c1cccc(OC(C)C)c1. The van der Waals surface area contributed by atoms with Crippen LogP contribution in [0.5, 0.6) is 5.75 Å². The highest BCUT2D eigenvalue weighted by atomic mass is 16.5. The molecule has 188 valence electrons. The molecule has 1 aliphatic rings. The Balaban J connectivity index is 2.22. The van der Waals surface area contributed by atoms with Crippen molar-refractivity contribution in [3.63, 3.8) is 0 Å². The van der Waals surface area contributed by atoms with E-state index in [1.807, 2.05) is 82.2 Å². The van der Waals surface area contributed by atoms with Crippen molar-refractivity contribution >= 4 is 17.4 Å². The van der Waals surface area contributed by atoms with Crippen LogP contribution >= 0.6 is 0 Å². The average Bonchev–Trinajstić information content (AvgIpc) is 3.01. The maximum atomic E-state index is 13.4. The number of amides is 1. The molecule has 1 saturated heterocycles. The molecular weight excluding hydrogens is 440 g/mol. The fourth-order valence-corrected chi connectivity index (χ4v) is 4.28. The summed E-state index contributed by atoms with van der Waals surface area (Å²) in [6.07, 6.45) is -0.0202. The topological polar surface area (TPSA) is 70.1 Å². The zero-order valence-corrected chi connectivity index (χ0v) is 22.2. The number of ether oxygens (including phenoxy) is 1. The smallest absolute Gasteiger partial charge is 0.295 e. The molecule has 1 fully saturated rings. The number of hydrogen-bond acceptors (Lipinski definition) is 5. The molecule has 2 aromatic carbocycles. The minimum absolute atomic E-state index is 0.0202. The van der Waals surface area contributed by atoms with Gasteiger partial charge in [0.05, 0.1) is 17.7 Å². The van der Waals surface area contributed by atoms with Crippen molar-refractivity contribution < 1.29 is 19.4 Å². The van der Waals surface area contributed by atoms with Crippen molar-refractivity contribution in [1.29, 1.82) is 0 Å². The van der Waals surface area contributed by atoms with Crippen LogP contribution in [0, 0.1) is 6.92 Å². The predicted octanol–water partition coefficient (Wildman–Crippen LogP) is 5.06. The van der Waals surface area contributed by atoms with Crippen molar-refractivity contribution in [3.05, 3.63) is 70.3 Å². The number of likely N-dealkylation sites (N-methyl/N-ethyl adjacent to an activating group) is 1. The average molecular weight is 479 g/mol. The zero-order chi connectivity index (χ0) is 26.1. The molecule has 1 N–H and O–H groups in total. The molecule has 0 saturated carbocycles. The number of likely N-dealkylation sites (tertiary alicyclic amines) is 1. The minimum Gasteiger partial charge on any atom is -0.507 e. The number of Topliss-reactive ketones (excluding diaryl/α,β-unsaturated/α-hetero) is 1. The van der Waals surface area contributed by atoms with Gasteiger partial charge in [0.15, 0.2) is 0 Å². The van der Waals surface area contributed by atoms with Crippen LogP contribution < -0.4 is 4.74 Å². The van der Waals surface area contributed by atoms with E-state index < -0.39 is 17.7 Å². The molecule has 1 amide bonds. The molecule has 35 heavy (non-hydrogen) atoms. The van der Waals surface area contributed by atoms with Gasteiger partial charge in [-0.1, -0.05) is 45.0 Å². The van der Waals surface area contributed by atoms with Gasteiger partial charge >= 0.3 is 0 Å². The Morgan fingerprint density at radius 1 is 1.11 bits per heavy atom. The highest BCUT2D eigenvalue weighted by Gasteiger charge is 2.46. The Hall–Kier alpha value is -3.12. The van der Waals surface area contributed by atoms with Crippen molar-refractivity contribution in [2.24, 2.45) is 0 Å². The van der Waals surface area contributed by atoms with Gasteiger partial charge < -0.3 is 19.6 Å². The van der Waals surface area contributed by atoms with Gasteiger partial charge in [0, 0.05) is 18.7 Å². The largest absolute Gasteiger partial charge is 0.507 e. The first-order chi connectivity index (χ1) is 16.3. The second kappa shape index (κ2) is 10.2. The van der Waals surface area contributed by atoms with Crippen LogP contribution in [0.25, 0.3) is 5.76 Å². The summed E-state index contributed by atoms with van der Waals surface area (Å²) in [5.41, 5.74) is 3.16. The van der Waals surface area contributed by atoms with Gasteiger partial charge in [-0.25, -0.2) is 0 Å². The van der Waals surface area contributed by atoms with Crippen LogP contribution in [0.15, 0.2) is 48.0 Å². The normalized spacial score (nSPS) is 18.1. The van der Waals surface area contributed by atoms with E-state index in [9.17, 15) is 14.7 Å². The van der Waals surface area contributed by atoms with Crippen LogP contribution in [0.3, 0.4) is 0 Å². The van der Waals surface area contributed by atoms with Crippen LogP contribution in [-0.4, -0.2) is 59.9 Å². The molecule has 6 nitrogen and oxygen atoms in total. The van der Waals surface area contributed by atoms with E-state index in [4.69, 9.17) is 4.74 Å². The van der Waals surface area contributed by atoms with E-state index in [1.165, 1.54) is 0 Å². The molecule has 1 atom stereocenters. The molecule has 0 spiro atoms. The molecule has 6 heteroatoms. The molecular formula is C29H38N2O4. The van der Waals surface area contributed by atoms with Crippen LogP contribution in [0.4, 0.5) is 0 Å². The van der Waals surface area contributed by atoms with E-state index in [0.717, 1.165) is 16.7 Å². The number of nitrogens with zero attached hydrogens (tertiary/aromatic N) is 2. The fraction of sp³-hybridized carbons (Fsp3) is 0.448. The first-order valence-electron chi connectivity index (χ1n) is 12.1. The molecule has 1 aliphatic heterocycles. The summed E-state index contributed by atoms with van der Waals surface area (Å²) in [6, 6.07) is 12.6. The third kappa shape index (κ3) is 5.76. The predicted molar refractivity (Wildman–Crippen MR) is 140 cm³/mol. The second-order valence-electron chi connectivity index (χ2n) is 10.8. The Morgan fingerprint density at radius 3 is 2.40 bits per heavy atom. The van der Waals surface area contributed by atoms with Gasteiger partial charge in [-0.15, -0.1) is 0 Å². The summed E-state index contributed by atoms with van der Waals surface area (Å²) < 4.78 is 5.88. The minimum atomic E-state index is -0.705. The van der Waals surface area contributed by atoms with Crippen molar-refractivity contribution in [2.45, 2.75) is 59.1 Å². The van der Waals surface area contributed by atoms with Crippen LogP contribution in [-0.2, 0) is 15.0 Å². The molecule has 1 heterocycles. The second-order valence-corrected chi connectivity index (χ2v) is 10.8. The molecule has 1 unspecified atom stereocenters. The van der Waals surface area contributed by atoms with Gasteiger partial charge in [-0.3, -0.25) is 9.59 Å². The maximum absolute atomic E-state index is 13.4. The van der Waals surface area contributed by atoms with Gasteiger partial charge in [-0.2, -0.15) is 0 Å². The Bertz CT molecular complexity index is 1140. The van der Waals surface area contributed by atoms with E-state index in [-0.39, 0.29) is 22.9 Å². The summed E-state index contributed by atoms with van der Waals surface area (Å²) in [4.78, 5) is 30.1. The van der Waals surface area contributed by atoms with E-state index in [1.54, 1.807) is 4.90 Å². The standard InChI is InChI=1S/C29H38N2O4/c1-18(2)35-22-11-9-10-20(16-22)25-24(27(33)28(34)31(25)15-14-30(7)8)26(32)23-17-21(29(4,5)6)13-12-19(23)3/h9-13,16-18,25,32H,14-15H2,1-8H3/b26-24+. The van der Waals surface area contributed by atoms with Gasteiger partial charge in [-0.05, 0) is 75.2 Å². The highest BCUT2D eigenvalue weighted by molar-refractivity contribution is 6.46. The Morgan fingerprint density at radius 2 is 1.80 bits per heavy atom. The summed E-state index contributed by atoms with van der Waals surface area (Å²) in [7, 11) is 3.84. The molecule has 2 aromatic rings. The van der Waals surface area contributed by atoms with Gasteiger partial charge in [0.25, 0.3) is 11.7 Å². The summed E-state index contributed by atoms with van der Waals surface area (Å²) in [5, 5.41) is 11.6. The lowest BCUT2D eigenvalue weighted by molar-refractivity contribution is -0.140. The fourth-order valence-electron chi connectivity index (χ4n) is 4.28. The summed E-state index contributed by atoms with van der Waals surface area (Å²) in [5.74, 6) is -0.749. The number of carbonyl (C=O) groups excluding carboxylic acids is 2. The first-order valence-corrected chi connectivity index (χ1v) is 12.1. The third-order valence-electron chi connectivity index (χ3n) is 6.23. The highest BCUT2D eigenvalue weighted by Crippen LogP contribution is 2.41. The molecule has 0 aromatic heterocycles. The number of carbonyl (C=O) groups is 2. The number of ketones is 1. The molecule has 3 rings (SSSR count). The monoisotopic (exact) mass is 478 g/mol. The number of aliphatic hydroxyl groups excluding tert-OH is 1. The van der Waals surface area contributed by atoms with Crippen molar-refractivity contribution in [2.75, 3.05) is 27.2 Å². The van der Waals surface area contributed by atoms with Crippen LogP contribution in [0.2, 0.25) is 0 Å². The molecule has 0 bridgehead atoms. The maximum Gasteiger partial charge on any atom is 0.295 e. The third-order valence-corrected chi connectivity index (χ3v) is 6.23. The van der Waals surface area contributed by atoms with Crippen LogP contribution in [0.1, 0.15) is 62.9 Å². The zero-order valence-electron chi connectivity index (χ0n) is 22.2. The number of aryl methyl sites for hydroxylation is 1. The Kier molecular flexibility index (Phi) is 7.75. The Labute approximate surface area is 209 Å². The number of aliphatic hydroxyl groups is 1. The molecule has 0 radical (unpaired) electrons. The van der Waals surface area contributed by atoms with E-state index >= 15 is 0 Å². The lowest BCUT2D eigenvalue weighted by Gasteiger charge is -2.27. The summed E-state index contributed by atoms with van der Waals surface area (Å²) >= 11 is 0. The number of benzene rings is 2. The van der Waals surface area contributed by atoms with E-state index in [2.05, 4.69) is 20.8 Å². The molecule has 0 aliphatic carbocycles. The van der Waals surface area contributed by atoms with Crippen molar-refractivity contribution in [1.82, 2.24) is 9.80 Å². The number of hydrogen-bond donors (Lipinski definition) is 1.